The van der Waals surface area contributed by atoms with E-state index in [0.29, 0.717) is 0 Å². The van der Waals surface area contributed by atoms with E-state index >= 15 is 0 Å². The molecule has 0 amide bonds. The summed E-state index contributed by atoms with van der Waals surface area (Å²) in [5.41, 5.74) is 7.19. The average molecular weight is 327 g/mol. The molecule has 0 spiro atoms. The van der Waals surface area contributed by atoms with E-state index in [-0.39, 0.29) is 6.04 Å². The number of nitrogens with one attached hydrogen (secondary N) is 2. The molecule has 124 valence electrons. The van der Waals surface area contributed by atoms with Crippen LogP contribution >= 0.6 is 0 Å². The number of para-hydroxylation sites is 1. The zero-order chi connectivity index (χ0) is 17.2. The lowest BCUT2D eigenvalue weighted by molar-refractivity contribution is 0.928. The first-order valence-electron chi connectivity index (χ1n) is 8.53. The van der Waals surface area contributed by atoms with Gasteiger partial charge in [-0.2, -0.15) is 0 Å². The van der Waals surface area contributed by atoms with Crippen LogP contribution in [0.15, 0.2) is 73.1 Å². The summed E-state index contributed by atoms with van der Waals surface area (Å²) in [4.78, 5) is 7.69. The molecule has 2 heterocycles. The van der Waals surface area contributed by atoms with Gasteiger partial charge in [-0.3, -0.25) is 4.98 Å². The predicted octanol–water partition coefficient (Wildman–Crippen LogP) is 5.38. The molecule has 0 aliphatic carbocycles. The number of rotatable bonds is 4. The van der Waals surface area contributed by atoms with Gasteiger partial charge in [0.15, 0.2) is 0 Å². The van der Waals surface area contributed by atoms with Crippen LogP contribution in [0.5, 0.6) is 0 Å². The first kappa shape index (κ1) is 15.5. The molecule has 2 N–H and O–H groups in total. The van der Waals surface area contributed by atoms with Crippen LogP contribution in [-0.2, 0) is 0 Å². The summed E-state index contributed by atoms with van der Waals surface area (Å²) in [6.07, 6.45) is 3.70. The number of aryl methyl sites for hydroxylation is 2. The maximum atomic E-state index is 4.18. The van der Waals surface area contributed by atoms with E-state index in [1.807, 2.05) is 12.4 Å². The van der Waals surface area contributed by atoms with Gasteiger partial charge in [0.25, 0.3) is 0 Å². The monoisotopic (exact) mass is 327 g/mol. The smallest absolute Gasteiger partial charge is 0.0791 e. The van der Waals surface area contributed by atoms with E-state index in [4.69, 9.17) is 0 Å². The van der Waals surface area contributed by atoms with Gasteiger partial charge in [0.2, 0.25) is 0 Å². The average Bonchev–Trinajstić information content (AvgIpc) is 2.98. The van der Waals surface area contributed by atoms with Crippen molar-refractivity contribution in [1.29, 1.82) is 0 Å². The quantitative estimate of drug-likeness (QED) is 0.528. The third-order valence-electron chi connectivity index (χ3n) is 4.63. The summed E-state index contributed by atoms with van der Waals surface area (Å²) >= 11 is 0. The van der Waals surface area contributed by atoms with Crippen LogP contribution in [0.25, 0.3) is 10.9 Å². The molecule has 25 heavy (non-hydrogen) atoms. The minimum Gasteiger partial charge on any atom is -0.374 e. The molecular formula is C22H21N3. The summed E-state index contributed by atoms with van der Waals surface area (Å²) in [5.74, 6) is 0. The fourth-order valence-corrected chi connectivity index (χ4v) is 3.36. The fourth-order valence-electron chi connectivity index (χ4n) is 3.36. The fraction of sp³-hybridized carbons (Fsp3) is 0.136. The second-order valence-corrected chi connectivity index (χ2v) is 6.43. The van der Waals surface area contributed by atoms with E-state index in [1.54, 1.807) is 0 Å². The maximum Gasteiger partial charge on any atom is 0.0791 e. The van der Waals surface area contributed by atoms with Gasteiger partial charge in [-0.05, 0) is 49.7 Å². The van der Waals surface area contributed by atoms with Gasteiger partial charge >= 0.3 is 0 Å². The molecule has 0 radical (unpaired) electrons. The maximum absolute atomic E-state index is 4.18. The number of nitrogens with zero attached hydrogens (tertiary/aromatic N) is 1. The van der Waals surface area contributed by atoms with Crippen molar-refractivity contribution in [2.24, 2.45) is 0 Å². The van der Waals surface area contributed by atoms with Crippen molar-refractivity contribution >= 4 is 16.6 Å². The number of hydrogen-bond acceptors (Lipinski definition) is 2. The summed E-state index contributed by atoms with van der Waals surface area (Å²) in [6.45, 7) is 4.24. The normalized spacial score (nSPS) is 12.2. The minimum atomic E-state index is 0.0573. The van der Waals surface area contributed by atoms with Crippen molar-refractivity contribution in [3.8, 4) is 0 Å². The van der Waals surface area contributed by atoms with Gasteiger partial charge in [0.05, 0.1) is 6.04 Å². The van der Waals surface area contributed by atoms with Gasteiger partial charge in [-0.15, -0.1) is 0 Å². The largest absolute Gasteiger partial charge is 0.374 e. The minimum absolute atomic E-state index is 0.0573. The molecule has 4 aromatic rings. The molecule has 2 aromatic heterocycles. The number of anilines is 1. The van der Waals surface area contributed by atoms with Crippen molar-refractivity contribution in [2.75, 3.05) is 5.32 Å². The summed E-state index contributed by atoms with van der Waals surface area (Å²) in [6, 6.07) is 21.2. The number of aromatic amines is 1. The molecule has 0 unspecified atom stereocenters. The van der Waals surface area contributed by atoms with Gasteiger partial charge in [0, 0.05) is 40.2 Å². The third kappa shape index (κ3) is 3.01. The highest BCUT2D eigenvalue weighted by Crippen LogP contribution is 2.34. The lowest BCUT2D eigenvalue weighted by Gasteiger charge is -2.21. The highest BCUT2D eigenvalue weighted by molar-refractivity contribution is 5.86. The predicted molar refractivity (Wildman–Crippen MR) is 104 cm³/mol. The zero-order valence-electron chi connectivity index (χ0n) is 14.5. The lowest BCUT2D eigenvalue weighted by atomic mass is 9.96. The number of hydrogen-bond donors (Lipinski definition) is 2. The number of benzene rings is 2. The highest BCUT2D eigenvalue weighted by atomic mass is 14.9. The molecule has 2 aromatic carbocycles. The molecular weight excluding hydrogens is 306 g/mol. The number of fused-ring (bicyclic) bond motifs is 1. The van der Waals surface area contributed by atoms with Gasteiger partial charge in [0.1, 0.15) is 0 Å². The van der Waals surface area contributed by atoms with Crippen molar-refractivity contribution in [3.63, 3.8) is 0 Å². The Morgan fingerprint density at radius 3 is 2.36 bits per heavy atom. The van der Waals surface area contributed by atoms with Crippen LogP contribution < -0.4 is 5.32 Å². The van der Waals surface area contributed by atoms with Crippen molar-refractivity contribution in [1.82, 2.24) is 9.97 Å². The van der Waals surface area contributed by atoms with Crippen LogP contribution in [0.4, 0.5) is 5.69 Å². The summed E-state index contributed by atoms with van der Waals surface area (Å²) in [7, 11) is 0. The lowest BCUT2D eigenvalue weighted by Crippen LogP contribution is -2.13. The van der Waals surface area contributed by atoms with Crippen LogP contribution in [0.2, 0.25) is 0 Å². The molecule has 0 saturated heterocycles. The Labute approximate surface area is 147 Å². The number of pyridine rings is 1. The summed E-state index contributed by atoms with van der Waals surface area (Å²) in [5, 5.41) is 4.96. The zero-order valence-corrected chi connectivity index (χ0v) is 14.5. The van der Waals surface area contributed by atoms with E-state index in [9.17, 15) is 0 Å². The molecule has 3 nitrogen and oxygen atoms in total. The standard InChI is InChI=1S/C22H21N3/c1-15-7-9-18(10-8-15)25-22(17-11-13-23-14-12-17)21-16(2)24-20-6-4-3-5-19(20)21/h3-14,22,24-25H,1-2H3/t22-/m0/s1. The Bertz CT molecular complexity index is 985. The second kappa shape index (κ2) is 6.44. The third-order valence-corrected chi connectivity index (χ3v) is 4.63. The Kier molecular flexibility index (Phi) is 3.98. The molecule has 0 bridgehead atoms. The van der Waals surface area contributed by atoms with Crippen molar-refractivity contribution in [3.05, 3.63) is 95.4 Å². The molecule has 0 saturated carbocycles. The van der Waals surface area contributed by atoms with Crippen LogP contribution in [-0.4, -0.2) is 9.97 Å². The topological polar surface area (TPSA) is 40.7 Å². The Morgan fingerprint density at radius 1 is 0.880 bits per heavy atom. The SMILES string of the molecule is Cc1ccc(N[C@@H](c2ccncc2)c2c(C)[nH]c3ccccc23)cc1. The van der Waals surface area contributed by atoms with Gasteiger partial charge in [-0.1, -0.05) is 35.9 Å². The molecule has 0 aliphatic heterocycles. The van der Waals surface area contributed by atoms with Crippen molar-refractivity contribution < 1.29 is 0 Å². The van der Waals surface area contributed by atoms with Gasteiger partial charge in [-0.25, -0.2) is 0 Å². The highest BCUT2D eigenvalue weighted by Gasteiger charge is 2.20. The summed E-state index contributed by atoms with van der Waals surface area (Å²) < 4.78 is 0. The first-order chi connectivity index (χ1) is 12.2. The van der Waals surface area contributed by atoms with Crippen LogP contribution in [0.1, 0.15) is 28.4 Å². The molecule has 0 fully saturated rings. The Morgan fingerprint density at radius 2 is 1.60 bits per heavy atom. The first-order valence-corrected chi connectivity index (χ1v) is 8.53. The van der Waals surface area contributed by atoms with Gasteiger partial charge < -0.3 is 10.3 Å². The van der Waals surface area contributed by atoms with E-state index in [0.717, 1.165) is 5.69 Å². The number of aromatic nitrogens is 2. The van der Waals surface area contributed by atoms with Crippen LogP contribution in [0, 0.1) is 13.8 Å². The molecule has 3 heteroatoms. The van der Waals surface area contributed by atoms with E-state index in [2.05, 4.69) is 89.8 Å². The molecule has 1 atom stereocenters. The van der Waals surface area contributed by atoms with Crippen molar-refractivity contribution in [2.45, 2.75) is 19.9 Å². The second-order valence-electron chi connectivity index (χ2n) is 6.43. The van der Waals surface area contributed by atoms with E-state index in [1.165, 1.54) is 33.3 Å². The number of H-pyrrole nitrogens is 1. The molecule has 0 aliphatic rings. The Hall–Kier alpha value is -3.07. The van der Waals surface area contributed by atoms with Crippen LogP contribution in [0.3, 0.4) is 0 Å². The Balaban J connectivity index is 1.85. The van der Waals surface area contributed by atoms with E-state index < -0.39 is 0 Å². The molecule has 4 rings (SSSR count).